The molecule has 0 aliphatic carbocycles. The number of hydrogen-bond acceptors (Lipinski definition) is 2. The number of ether oxygens (including phenoxy) is 1. The number of nitrogens with one attached hydrogen (secondary N) is 1. The number of H-pyrrole nitrogens is 1. The molecule has 8 heteroatoms. The number of aromatic amines is 1. The summed E-state index contributed by atoms with van der Waals surface area (Å²) in [6.07, 6.45) is -4.43. The van der Waals surface area contributed by atoms with E-state index in [1.807, 2.05) is 0 Å². The third-order valence-corrected chi connectivity index (χ3v) is 2.08. The summed E-state index contributed by atoms with van der Waals surface area (Å²) in [6, 6.07) is 1.74. The molecule has 0 atom stereocenters. The van der Waals surface area contributed by atoms with Crippen LogP contribution in [0.15, 0.2) is 12.1 Å². The summed E-state index contributed by atoms with van der Waals surface area (Å²) in [5.41, 5.74) is 0.319. The highest BCUT2D eigenvalue weighted by Gasteiger charge is 2.27. The number of alkyl halides is 3. The summed E-state index contributed by atoms with van der Waals surface area (Å²) >= 11 is 0. The standard InChI is InChI=1S/C10H7F5N2O/c11-5-1-7-8(2-6(5)12)17-9(16-7)3-18-4-10(13,14)15/h1-2H,3-4H2,(H,16,17). The number of hydrogen-bond donors (Lipinski definition) is 1. The van der Waals surface area contributed by atoms with E-state index in [4.69, 9.17) is 0 Å². The van der Waals surface area contributed by atoms with Crippen molar-refractivity contribution in [2.75, 3.05) is 6.61 Å². The van der Waals surface area contributed by atoms with Crippen LogP contribution in [0.4, 0.5) is 22.0 Å². The molecule has 1 N–H and O–H groups in total. The number of halogens is 5. The van der Waals surface area contributed by atoms with Gasteiger partial charge in [-0.2, -0.15) is 13.2 Å². The van der Waals surface area contributed by atoms with Crippen LogP contribution in [0.25, 0.3) is 11.0 Å². The minimum atomic E-state index is -4.43. The van der Waals surface area contributed by atoms with Crippen LogP contribution in [0.3, 0.4) is 0 Å². The molecule has 0 spiro atoms. The van der Waals surface area contributed by atoms with Gasteiger partial charge in [0.1, 0.15) is 19.0 Å². The van der Waals surface area contributed by atoms with E-state index >= 15 is 0 Å². The van der Waals surface area contributed by atoms with E-state index in [1.165, 1.54) is 0 Å². The van der Waals surface area contributed by atoms with E-state index < -0.39 is 31.0 Å². The van der Waals surface area contributed by atoms with Crippen LogP contribution >= 0.6 is 0 Å². The summed E-state index contributed by atoms with van der Waals surface area (Å²) < 4.78 is 65.5. The van der Waals surface area contributed by atoms with Crippen LogP contribution in [0.2, 0.25) is 0 Å². The second-order valence-corrected chi connectivity index (χ2v) is 3.57. The third-order valence-electron chi connectivity index (χ3n) is 2.08. The summed E-state index contributed by atoms with van der Waals surface area (Å²) in [7, 11) is 0. The molecule has 0 amide bonds. The van der Waals surface area contributed by atoms with Crippen molar-refractivity contribution in [2.45, 2.75) is 12.8 Å². The molecule has 0 radical (unpaired) electrons. The molecule has 98 valence electrons. The lowest BCUT2D eigenvalue weighted by Crippen LogP contribution is -2.16. The van der Waals surface area contributed by atoms with Crippen molar-refractivity contribution >= 4 is 11.0 Å². The maximum absolute atomic E-state index is 12.9. The Morgan fingerprint density at radius 3 is 2.50 bits per heavy atom. The van der Waals surface area contributed by atoms with Crippen LogP contribution < -0.4 is 0 Å². The molecule has 0 bridgehead atoms. The zero-order valence-electron chi connectivity index (χ0n) is 8.81. The predicted octanol–water partition coefficient (Wildman–Crippen LogP) is 2.92. The number of fused-ring (bicyclic) bond motifs is 1. The third kappa shape index (κ3) is 2.95. The van der Waals surface area contributed by atoms with Crippen molar-refractivity contribution in [3.8, 4) is 0 Å². The molecule has 0 saturated heterocycles. The second-order valence-electron chi connectivity index (χ2n) is 3.57. The molecule has 0 unspecified atom stereocenters. The lowest BCUT2D eigenvalue weighted by molar-refractivity contribution is -0.177. The molecule has 0 fully saturated rings. The number of imidazole rings is 1. The highest BCUT2D eigenvalue weighted by Crippen LogP contribution is 2.18. The maximum atomic E-state index is 12.9. The number of aromatic nitrogens is 2. The molecule has 0 aliphatic rings. The van der Waals surface area contributed by atoms with Gasteiger partial charge < -0.3 is 9.72 Å². The van der Waals surface area contributed by atoms with Gasteiger partial charge in [0.2, 0.25) is 0 Å². The van der Waals surface area contributed by atoms with Gasteiger partial charge in [0, 0.05) is 12.1 Å². The van der Waals surface area contributed by atoms with Crippen molar-refractivity contribution in [1.29, 1.82) is 0 Å². The first kappa shape index (κ1) is 12.7. The van der Waals surface area contributed by atoms with Gasteiger partial charge in [0.25, 0.3) is 0 Å². The maximum Gasteiger partial charge on any atom is 0.411 e. The Morgan fingerprint density at radius 1 is 1.17 bits per heavy atom. The topological polar surface area (TPSA) is 37.9 Å². The van der Waals surface area contributed by atoms with Gasteiger partial charge in [-0.25, -0.2) is 13.8 Å². The van der Waals surface area contributed by atoms with Gasteiger partial charge in [-0.3, -0.25) is 0 Å². The SMILES string of the molecule is Fc1cc2nc(COCC(F)(F)F)[nH]c2cc1F. The average Bonchev–Trinajstić information content (AvgIpc) is 2.58. The van der Waals surface area contributed by atoms with E-state index in [9.17, 15) is 22.0 Å². The molecule has 1 aromatic heterocycles. The Balaban J connectivity index is 2.11. The Morgan fingerprint density at radius 2 is 1.83 bits per heavy atom. The van der Waals surface area contributed by atoms with E-state index in [0.717, 1.165) is 12.1 Å². The molecular weight excluding hydrogens is 259 g/mol. The smallest absolute Gasteiger partial charge is 0.364 e. The monoisotopic (exact) mass is 266 g/mol. The first-order valence-corrected chi connectivity index (χ1v) is 4.83. The van der Waals surface area contributed by atoms with Crippen LogP contribution in [-0.4, -0.2) is 22.8 Å². The fraction of sp³-hybridized carbons (Fsp3) is 0.300. The largest absolute Gasteiger partial charge is 0.411 e. The van der Waals surface area contributed by atoms with E-state index in [0.29, 0.717) is 0 Å². The van der Waals surface area contributed by atoms with E-state index in [-0.39, 0.29) is 16.9 Å². The quantitative estimate of drug-likeness (QED) is 0.867. The van der Waals surface area contributed by atoms with Crippen LogP contribution in [0.5, 0.6) is 0 Å². The van der Waals surface area contributed by atoms with Crippen LogP contribution in [0.1, 0.15) is 5.82 Å². The molecule has 2 aromatic rings. The fourth-order valence-electron chi connectivity index (χ4n) is 1.39. The summed E-state index contributed by atoms with van der Waals surface area (Å²) in [5.74, 6) is -2.06. The van der Waals surface area contributed by atoms with Gasteiger partial charge in [-0.1, -0.05) is 0 Å². The van der Waals surface area contributed by atoms with E-state index in [1.54, 1.807) is 0 Å². The van der Waals surface area contributed by atoms with Gasteiger partial charge in [0.05, 0.1) is 11.0 Å². The second kappa shape index (κ2) is 4.52. The number of nitrogens with zero attached hydrogens (tertiary/aromatic N) is 1. The Bertz CT molecular complexity index is 524. The molecular formula is C10H7F5N2O. The van der Waals surface area contributed by atoms with E-state index in [2.05, 4.69) is 14.7 Å². The molecule has 1 aromatic carbocycles. The Labute approximate surface area is 97.6 Å². The van der Waals surface area contributed by atoms with Crippen LogP contribution in [0, 0.1) is 11.6 Å². The van der Waals surface area contributed by atoms with Crippen LogP contribution in [-0.2, 0) is 11.3 Å². The predicted molar refractivity (Wildman–Crippen MR) is 51.7 cm³/mol. The van der Waals surface area contributed by atoms with Gasteiger partial charge in [-0.05, 0) is 0 Å². The van der Waals surface area contributed by atoms with Crippen molar-refractivity contribution < 1.29 is 26.7 Å². The van der Waals surface area contributed by atoms with Gasteiger partial charge in [-0.15, -0.1) is 0 Å². The van der Waals surface area contributed by atoms with Crippen molar-refractivity contribution in [1.82, 2.24) is 9.97 Å². The lowest BCUT2D eigenvalue weighted by atomic mass is 10.3. The lowest BCUT2D eigenvalue weighted by Gasteiger charge is -2.05. The zero-order chi connectivity index (χ0) is 13.3. The first-order valence-electron chi connectivity index (χ1n) is 4.83. The van der Waals surface area contributed by atoms with Crippen molar-refractivity contribution in [3.05, 3.63) is 29.6 Å². The fourth-order valence-corrected chi connectivity index (χ4v) is 1.39. The Hall–Kier alpha value is -1.70. The summed E-state index contributed by atoms with van der Waals surface area (Å²) in [4.78, 5) is 6.32. The summed E-state index contributed by atoms with van der Waals surface area (Å²) in [5, 5.41) is 0. The Kier molecular flexibility index (Phi) is 3.20. The first-order chi connectivity index (χ1) is 8.35. The molecule has 3 nitrogen and oxygen atoms in total. The van der Waals surface area contributed by atoms with Crippen molar-refractivity contribution in [3.63, 3.8) is 0 Å². The molecule has 0 aliphatic heterocycles. The highest BCUT2D eigenvalue weighted by molar-refractivity contribution is 5.75. The normalized spacial score (nSPS) is 12.3. The number of rotatable bonds is 3. The number of benzene rings is 1. The minimum absolute atomic E-state index is 0.0688. The molecule has 1 heterocycles. The highest BCUT2D eigenvalue weighted by atomic mass is 19.4. The average molecular weight is 266 g/mol. The van der Waals surface area contributed by atoms with Crippen molar-refractivity contribution in [2.24, 2.45) is 0 Å². The molecule has 0 saturated carbocycles. The van der Waals surface area contributed by atoms with Gasteiger partial charge in [0.15, 0.2) is 11.6 Å². The zero-order valence-corrected chi connectivity index (χ0v) is 8.81. The minimum Gasteiger partial charge on any atom is -0.364 e. The summed E-state index contributed by atoms with van der Waals surface area (Å²) in [6.45, 7) is -1.83. The van der Waals surface area contributed by atoms with Gasteiger partial charge >= 0.3 is 6.18 Å². The molecule has 18 heavy (non-hydrogen) atoms. The molecule has 2 rings (SSSR count).